The van der Waals surface area contributed by atoms with Gasteiger partial charge in [-0.3, -0.25) is 9.59 Å². The molecule has 0 N–H and O–H groups in total. The summed E-state index contributed by atoms with van der Waals surface area (Å²) in [7, 11) is 0. The fraction of sp³-hybridized carbons (Fsp3) is 0.364. The molecule has 2 aliphatic heterocycles. The summed E-state index contributed by atoms with van der Waals surface area (Å²) in [4.78, 5) is 28.6. The molecular formula is C22H22F2N2O2. The Balaban J connectivity index is 1.46. The van der Waals surface area contributed by atoms with E-state index in [9.17, 15) is 18.4 Å². The second-order valence-corrected chi connectivity index (χ2v) is 7.47. The van der Waals surface area contributed by atoms with Crippen LogP contribution in [0.25, 0.3) is 0 Å². The molecular weight excluding hydrogens is 362 g/mol. The van der Waals surface area contributed by atoms with Crippen molar-refractivity contribution >= 4 is 17.5 Å². The van der Waals surface area contributed by atoms with Crippen molar-refractivity contribution in [2.24, 2.45) is 5.92 Å². The van der Waals surface area contributed by atoms with Crippen LogP contribution in [0.4, 0.5) is 14.5 Å². The quantitative estimate of drug-likeness (QED) is 0.811. The van der Waals surface area contributed by atoms with Crippen LogP contribution in [0.5, 0.6) is 0 Å². The summed E-state index contributed by atoms with van der Waals surface area (Å²) in [6, 6.07) is 12.0. The maximum absolute atomic E-state index is 14.4. The van der Waals surface area contributed by atoms with Gasteiger partial charge in [0.1, 0.15) is 11.6 Å². The lowest BCUT2D eigenvalue weighted by Gasteiger charge is -2.31. The Morgan fingerprint density at radius 2 is 1.93 bits per heavy atom. The highest BCUT2D eigenvalue weighted by Crippen LogP contribution is 2.33. The molecule has 6 heteroatoms. The molecule has 0 aliphatic carbocycles. The molecule has 4 nitrogen and oxygen atoms in total. The predicted octanol–water partition coefficient (Wildman–Crippen LogP) is 3.34. The van der Waals surface area contributed by atoms with Crippen LogP contribution in [0.3, 0.4) is 0 Å². The molecule has 2 heterocycles. The molecule has 2 amide bonds. The molecule has 0 saturated carbocycles. The minimum atomic E-state index is -0.715. The van der Waals surface area contributed by atoms with Gasteiger partial charge < -0.3 is 9.80 Å². The van der Waals surface area contributed by atoms with Crippen LogP contribution in [-0.4, -0.2) is 36.3 Å². The number of hydrogen-bond acceptors (Lipinski definition) is 2. The van der Waals surface area contributed by atoms with Gasteiger partial charge in [-0.05, 0) is 36.5 Å². The molecule has 28 heavy (non-hydrogen) atoms. The molecule has 0 spiro atoms. The monoisotopic (exact) mass is 384 g/mol. The van der Waals surface area contributed by atoms with Gasteiger partial charge in [0.25, 0.3) is 0 Å². The minimum Gasteiger partial charge on any atom is -0.342 e. The van der Waals surface area contributed by atoms with E-state index in [-0.39, 0.29) is 23.9 Å². The van der Waals surface area contributed by atoms with Crippen molar-refractivity contribution in [1.82, 2.24) is 4.90 Å². The Morgan fingerprint density at radius 1 is 1.14 bits per heavy atom. The zero-order chi connectivity index (χ0) is 19.7. The van der Waals surface area contributed by atoms with Gasteiger partial charge in [-0.1, -0.05) is 30.3 Å². The number of nitrogens with zero attached hydrogens (tertiary/aromatic N) is 2. The lowest BCUT2D eigenvalue weighted by molar-refractivity contribution is -0.128. The minimum absolute atomic E-state index is 0.0499. The molecule has 2 aromatic carbocycles. The number of rotatable bonds is 4. The van der Waals surface area contributed by atoms with E-state index in [1.54, 1.807) is 4.90 Å². The second-order valence-electron chi connectivity index (χ2n) is 7.47. The van der Waals surface area contributed by atoms with Crippen LogP contribution in [0.2, 0.25) is 0 Å². The first kappa shape index (κ1) is 18.6. The van der Waals surface area contributed by atoms with Crippen LogP contribution < -0.4 is 4.90 Å². The Bertz CT molecular complexity index is 901. The largest absolute Gasteiger partial charge is 0.342 e. The summed E-state index contributed by atoms with van der Waals surface area (Å²) in [5.74, 6) is -2.13. The first-order valence-electron chi connectivity index (χ1n) is 9.64. The van der Waals surface area contributed by atoms with Gasteiger partial charge >= 0.3 is 0 Å². The molecule has 4 rings (SSSR count). The van der Waals surface area contributed by atoms with E-state index in [1.165, 1.54) is 11.0 Å². The van der Waals surface area contributed by atoms with Crippen molar-refractivity contribution in [3.63, 3.8) is 0 Å². The van der Waals surface area contributed by atoms with E-state index in [1.807, 2.05) is 30.3 Å². The molecule has 0 unspecified atom stereocenters. The Kier molecular flexibility index (Phi) is 5.11. The Labute approximate surface area is 162 Å². The summed E-state index contributed by atoms with van der Waals surface area (Å²) in [5, 5.41) is 0. The second kappa shape index (κ2) is 7.70. The van der Waals surface area contributed by atoms with E-state index < -0.39 is 17.6 Å². The van der Waals surface area contributed by atoms with Crippen molar-refractivity contribution in [3.05, 3.63) is 65.2 Å². The van der Waals surface area contributed by atoms with Crippen molar-refractivity contribution in [1.29, 1.82) is 0 Å². The van der Waals surface area contributed by atoms with Crippen LogP contribution in [0.15, 0.2) is 42.5 Å². The first-order chi connectivity index (χ1) is 13.5. The number of benzene rings is 2. The predicted molar refractivity (Wildman–Crippen MR) is 102 cm³/mol. The molecule has 2 aliphatic rings. The number of aryl methyl sites for hydroxylation is 1. The fourth-order valence-corrected chi connectivity index (χ4v) is 4.15. The van der Waals surface area contributed by atoms with Gasteiger partial charge in [0.15, 0.2) is 0 Å². The van der Waals surface area contributed by atoms with Crippen molar-refractivity contribution in [2.45, 2.75) is 25.7 Å². The van der Waals surface area contributed by atoms with E-state index in [0.717, 1.165) is 18.1 Å². The molecule has 0 bridgehead atoms. The normalized spacial score (nSPS) is 19.1. The number of amides is 2. The molecule has 146 valence electrons. The van der Waals surface area contributed by atoms with Gasteiger partial charge in [-0.2, -0.15) is 0 Å². The molecule has 1 saturated heterocycles. The number of anilines is 1. The fourth-order valence-electron chi connectivity index (χ4n) is 4.15. The number of carbonyl (C=O) groups is 2. The third kappa shape index (κ3) is 3.63. The maximum atomic E-state index is 14.4. The molecule has 1 atom stereocenters. The highest BCUT2D eigenvalue weighted by atomic mass is 19.1. The number of hydrogen-bond donors (Lipinski definition) is 0. The lowest BCUT2D eigenvalue weighted by atomic mass is 9.98. The van der Waals surface area contributed by atoms with E-state index in [4.69, 9.17) is 0 Å². The lowest BCUT2D eigenvalue weighted by Crippen LogP contribution is -2.41. The van der Waals surface area contributed by atoms with Crippen molar-refractivity contribution < 1.29 is 18.4 Å². The average molecular weight is 384 g/mol. The third-order valence-corrected chi connectivity index (χ3v) is 5.55. The van der Waals surface area contributed by atoms with Crippen LogP contribution in [-0.2, 0) is 22.4 Å². The molecule has 2 aromatic rings. The van der Waals surface area contributed by atoms with Crippen LogP contribution in [0.1, 0.15) is 24.0 Å². The van der Waals surface area contributed by atoms with Gasteiger partial charge in [0.2, 0.25) is 11.8 Å². The first-order valence-corrected chi connectivity index (χ1v) is 9.64. The summed E-state index contributed by atoms with van der Waals surface area (Å²) in [6.45, 7) is 1.30. The van der Waals surface area contributed by atoms with E-state index in [0.29, 0.717) is 38.0 Å². The van der Waals surface area contributed by atoms with Gasteiger partial charge in [-0.25, -0.2) is 8.78 Å². The topological polar surface area (TPSA) is 40.6 Å². The highest BCUT2D eigenvalue weighted by Gasteiger charge is 2.38. The number of halogens is 2. The number of carbonyl (C=O) groups excluding carboxylic acids is 2. The van der Waals surface area contributed by atoms with Gasteiger partial charge in [-0.15, -0.1) is 0 Å². The Morgan fingerprint density at radius 3 is 2.71 bits per heavy atom. The summed E-state index contributed by atoms with van der Waals surface area (Å²) >= 11 is 0. The molecule has 1 fully saturated rings. The average Bonchev–Trinajstić information content (AvgIpc) is 3.06. The van der Waals surface area contributed by atoms with E-state index in [2.05, 4.69) is 0 Å². The molecule has 0 aromatic heterocycles. The summed E-state index contributed by atoms with van der Waals surface area (Å²) < 4.78 is 27.9. The number of fused-ring (bicyclic) bond motifs is 1. The SMILES string of the molecule is O=C1C[C@@H](C(=O)N2CCCc3cc(F)cc(F)c32)CN1CCc1ccccc1. The molecule has 0 radical (unpaired) electrons. The third-order valence-electron chi connectivity index (χ3n) is 5.55. The summed E-state index contributed by atoms with van der Waals surface area (Å²) in [6.07, 6.45) is 2.07. The van der Waals surface area contributed by atoms with Crippen molar-refractivity contribution in [3.8, 4) is 0 Å². The standard InChI is InChI=1S/C22H22F2N2O2/c23-18-11-16-7-4-9-26(21(16)19(24)13-18)22(28)17-12-20(27)25(14-17)10-8-15-5-2-1-3-6-15/h1-3,5-6,11,13,17H,4,7-10,12,14H2/t17-/m1/s1. The summed E-state index contributed by atoms with van der Waals surface area (Å²) in [5.41, 5.74) is 1.83. The van der Waals surface area contributed by atoms with Crippen LogP contribution in [0, 0.1) is 17.6 Å². The van der Waals surface area contributed by atoms with Gasteiger partial charge in [0.05, 0.1) is 11.6 Å². The van der Waals surface area contributed by atoms with Crippen LogP contribution >= 0.6 is 0 Å². The van der Waals surface area contributed by atoms with Gasteiger partial charge in [0, 0.05) is 32.1 Å². The van der Waals surface area contributed by atoms with Crippen molar-refractivity contribution in [2.75, 3.05) is 24.5 Å². The smallest absolute Gasteiger partial charge is 0.232 e. The maximum Gasteiger partial charge on any atom is 0.232 e. The zero-order valence-electron chi connectivity index (χ0n) is 15.5. The van der Waals surface area contributed by atoms with E-state index >= 15 is 0 Å². The Hall–Kier alpha value is -2.76. The zero-order valence-corrected chi connectivity index (χ0v) is 15.5. The highest BCUT2D eigenvalue weighted by molar-refractivity contribution is 6.00. The number of likely N-dealkylation sites (tertiary alicyclic amines) is 1.